The average Bonchev–Trinajstić information content (AvgIpc) is 2.93. The highest BCUT2D eigenvalue weighted by molar-refractivity contribution is 6.31. The molecule has 3 rings (SSSR count). The molecule has 1 aliphatic heterocycles. The Hall–Kier alpha value is -1.52. The number of H-pyrrole nitrogens is 1. The van der Waals surface area contributed by atoms with E-state index in [-0.39, 0.29) is 5.91 Å². The molecule has 1 aromatic carbocycles. The number of hydrogen-bond donors (Lipinski definition) is 2. The Labute approximate surface area is 135 Å². The van der Waals surface area contributed by atoms with E-state index < -0.39 is 5.60 Å². The van der Waals surface area contributed by atoms with Crippen molar-refractivity contribution in [2.24, 2.45) is 0 Å². The van der Waals surface area contributed by atoms with E-state index in [4.69, 9.17) is 11.6 Å². The highest BCUT2D eigenvalue weighted by Crippen LogP contribution is 2.35. The van der Waals surface area contributed by atoms with Crippen LogP contribution in [0.1, 0.15) is 38.2 Å². The first kappa shape index (κ1) is 15.4. The topological polar surface area (TPSA) is 56.3 Å². The first-order valence-corrected chi connectivity index (χ1v) is 8.02. The lowest BCUT2D eigenvalue weighted by molar-refractivity contribution is -0.148. The number of nitrogens with one attached hydrogen (secondary N) is 1. The summed E-state index contributed by atoms with van der Waals surface area (Å²) < 4.78 is 0. The highest BCUT2D eigenvalue weighted by atomic mass is 35.5. The molecule has 5 heteroatoms. The van der Waals surface area contributed by atoms with E-state index in [1.807, 2.05) is 18.3 Å². The Morgan fingerprint density at radius 3 is 2.68 bits per heavy atom. The molecular formula is C17H21ClN2O2. The zero-order chi connectivity index (χ0) is 15.9. The molecule has 1 saturated heterocycles. The molecule has 0 radical (unpaired) electrons. The van der Waals surface area contributed by atoms with Crippen LogP contribution in [0.25, 0.3) is 10.9 Å². The summed E-state index contributed by atoms with van der Waals surface area (Å²) >= 11 is 6.22. The fourth-order valence-corrected chi connectivity index (χ4v) is 3.50. The van der Waals surface area contributed by atoms with E-state index in [2.05, 4.69) is 11.1 Å². The molecule has 0 aliphatic carbocycles. The van der Waals surface area contributed by atoms with Crippen LogP contribution in [0.5, 0.6) is 0 Å². The van der Waals surface area contributed by atoms with E-state index in [9.17, 15) is 9.90 Å². The molecule has 2 aromatic rings. The van der Waals surface area contributed by atoms with Gasteiger partial charge in [-0.15, -0.1) is 0 Å². The molecule has 2 N–H and O–H groups in total. The molecule has 2 heterocycles. The van der Waals surface area contributed by atoms with Gasteiger partial charge in [0.15, 0.2) is 0 Å². The molecule has 22 heavy (non-hydrogen) atoms. The number of aromatic amines is 1. The molecule has 0 spiro atoms. The summed E-state index contributed by atoms with van der Waals surface area (Å²) in [5, 5.41) is 11.8. The Morgan fingerprint density at radius 2 is 2.05 bits per heavy atom. The summed E-state index contributed by atoms with van der Waals surface area (Å²) in [6.07, 6.45) is 3.71. The van der Waals surface area contributed by atoms with Crippen LogP contribution >= 0.6 is 11.6 Å². The van der Waals surface area contributed by atoms with Crippen molar-refractivity contribution in [3.63, 3.8) is 0 Å². The Kier molecular flexibility index (Phi) is 3.91. The van der Waals surface area contributed by atoms with Crippen molar-refractivity contribution in [2.45, 2.75) is 38.2 Å². The van der Waals surface area contributed by atoms with Gasteiger partial charge in [-0.1, -0.05) is 11.6 Å². The molecule has 1 amide bonds. The zero-order valence-electron chi connectivity index (χ0n) is 12.9. The van der Waals surface area contributed by atoms with E-state index in [1.165, 1.54) is 10.9 Å². The van der Waals surface area contributed by atoms with Gasteiger partial charge in [0.1, 0.15) is 5.60 Å². The largest absolute Gasteiger partial charge is 0.381 e. The monoisotopic (exact) mass is 320 g/mol. The number of carbonyl (C=O) groups excluding carboxylic acids is 1. The van der Waals surface area contributed by atoms with Crippen LogP contribution < -0.4 is 0 Å². The lowest BCUT2D eigenvalue weighted by Crippen LogP contribution is -2.48. The number of rotatable bonds is 2. The molecule has 118 valence electrons. The van der Waals surface area contributed by atoms with Gasteiger partial charge in [-0.2, -0.15) is 0 Å². The van der Waals surface area contributed by atoms with E-state index in [1.54, 1.807) is 18.7 Å². The Bertz CT molecular complexity index is 694. The summed E-state index contributed by atoms with van der Waals surface area (Å²) in [4.78, 5) is 17.1. The molecule has 0 saturated carbocycles. The normalized spacial score (nSPS) is 17.2. The van der Waals surface area contributed by atoms with Gasteiger partial charge in [0.05, 0.1) is 0 Å². The van der Waals surface area contributed by atoms with Gasteiger partial charge in [-0.25, -0.2) is 0 Å². The van der Waals surface area contributed by atoms with Gasteiger partial charge in [0, 0.05) is 35.2 Å². The van der Waals surface area contributed by atoms with Crippen LogP contribution in [0.15, 0.2) is 24.4 Å². The number of carbonyl (C=O) groups is 1. The van der Waals surface area contributed by atoms with Gasteiger partial charge in [-0.05, 0) is 56.4 Å². The van der Waals surface area contributed by atoms with Crippen LogP contribution in [0.4, 0.5) is 0 Å². The summed E-state index contributed by atoms with van der Waals surface area (Å²) in [5.41, 5.74) is 1.01. The minimum absolute atomic E-state index is 0.191. The summed E-state index contributed by atoms with van der Waals surface area (Å²) in [7, 11) is 0. The van der Waals surface area contributed by atoms with Crippen LogP contribution in [-0.4, -0.2) is 39.6 Å². The first-order chi connectivity index (χ1) is 10.4. The second-order valence-electron chi connectivity index (χ2n) is 6.56. The third-order valence-electron chi connectivity index (χ3n) is 4.41. The van der Waals surface area contributed by atoms with Gasteiger partial charge in [0.2, 0.25) is 0 Å². The van der Waals surface area contributed by atoms with Crippen LogP contribution in [0.2, 0.25) is 5.02 Å². The standard InChI is InChI=1S/C17H21ClN2O2/c1-17(2,22)16(21)20-7-4-11(5-8-20)14-9-12(18)10-15-13(14)3-6-19-15/h3,6,9-11,19,22H,4-5,7-8H2,1-2H3. The number of nitrogens with zero attached hydrogens (tertiary/aromatic N) is 1. The van der Waals surface area contributed by atoms with Crippen molar-refractivity contribution < 1.29 is 9.90 Å². The average molecular weight is 321 g/mol. The molecule has 0 atom stereocenters. The number of halogens is 1. The summed E-state index contributed by atoms with van der Waals surface area (Å²) in [5.74, 6) is 0.201. The molecule has 0 bridgehead atoms. The number of aromatic nitrogens is 1. The molecule has 4 nitrogen and oxygen atoms in total. The quantitative estimate of drug-likeness (QED) is 0.892. The number of aliphatic hydroxyl groups is 1. The molecule has 1 aliphatic rings. The smallest absolute Gasteiger partial charge is 0.253 e. The van der Waals surface area contributed by atoms with E-state index in [0.717, 1.165) is 23.4 Å². The van der Waals surface area contributed by atoms with E-state index >= 15 is 0 Å². The van der Waals surface area contributed by atoms with Crippen molar-refractivity contribution in [1.29, 1.82) is 0 Å². The van der Waals surface area contributed by atoms with E-state index in [0.29, 0.717) is 19.0 Å². The molecule has 1 aromatic heterocycles. The maximum absolute atomic E-state index is 12.1. The van der Waals surface area contributed by atoms with Gasteiger partial charge in [0.25, 0.3) is 5.91 Å². The van der Waals surface area contributed by atoms with Crippen molar-refractivity contribution in [1.82, 2.24) is 9.88 Å². The number of benzene rings is 1. The fraction of sp³-hybridized carbons (Fsp3) is 0.471. The highest BCUT2D eigenvalue weighted by Gasteiger charge is 2.32. The summed E-state index contributed by atoms with van der Waals surface area (Å²) in [6, 6.07) is 6.05. The number of hydrogen-bond acceptors (Lipinski definition) is 2. The van der Waals surface area contributed by atoms with Crippen LogP contribution in [0.3, 0.4) is 0 Å². The van der Waals surface area contributed by atoms with Crippen LogP contribution in [0, 0.1) is 0 Å². The Morgan fingerprint density at radius 1 is 1.36 bits per heavy atom. The minimum atomic E-state index is -1.29. The maximum Gasteiger partial charge on any atom is 0.253 e. The molecule has 1 fully saturated rings. The number of amides is 1. The maximum atomic E-state index is 12.1. The number of likely N-dealkylation sites (tertiary alicyclic amines) is 1. The third kappa shape index (κ3) is 2.85. The molecular weight excluding hydrogens is 300 g/mol. The van der Waals surface area contributed by atoms with Gasteiger partial charge < -0.3 is 15.0 Å². The SMILES string of the molecule is CC(C)(O)C(=O)N1CCC(c2cc(Cl)cc3[nH]ccc23)CC1. The van der Waals surface area contributed by atoms with Crippen molar-refractivity contribution in [3.8, 4) is 0 Å². The predicted octanol–water partition coefficient (Wildman–Crippen LogP) is 3.30. The van der Waals surface area contributed by atoms with Crippen molar-refractivity contribution in [2.75, 3.05) is 13.1 Å². The van der Waals surface area contributed by atoms with Crippen LogP contribution in [-0.2, 0) is 4.79 Å². The van der Waals surface area contributed by atoms with Crippen molar-refractivity contribution in [3.05, 3.63) is 35.0 Å². The first-order valence-electron chi connectivity index (χ1n) is 7.64. The molecule has 0 unspecified atom stereocenters. The zero-order valence-corrected chi connectivity index (χ0v) is 13.7. The third-order valence-corrected chi connectivity index (χ3v) is 4.63. The van der Waals surface area contributed by atoms with Gasteiger partial charge in [-0.3, -0.25) is 4.79 Å². The predicted molar refractivity (Wildman–Crippen MR) is 88.2 cm³/mol. The minimum Gasteiger partial charge on any atom is -0.381 e. The summed E-state index contributed by atoms with van der Waals surface area (Å²) in [6.45, 7) is 4.43. The number of piperidine rings is 1. The van der Waals surface area contributed by atoms with Crippen molar-refractivity contribution >= 4 is 28.4 Å². The van der Waals surface area contributed by atoms with Gasteiger partial charge >= 0.3 is 0 Å². The second-order valence-corrected chi connectivity index (χ2v) is 7.00. The fourth-order valence-electron chi connectivity index (χ4n) is 3.28. The number of fused-ring (bicyclic) bond motifs is 1. The lowest BCUT2D eigenvalue weighted by Gasteiger charge is -2.35. The second kappa shape index (κ2) is 5.60. The lowest BCUT2D eigenvalue weighted by atomic mass is 9.87. The Balaban J connectivity index is 1.79.